The fraction of sp³-hybridized carbons (Fsp3) is 0.200. The first-order valence-corrected chi connectivity index (χ1v) is 9.22. The zero-order valence-corrected chi connectivity index (χ0v) is 15.4. The van der Waals surface area contributed by atoms with E-state index in [2.05, 4.69) is 21.4 Å². The summed E-state index contributed by atoms with van der Waals surface area (Å²) in [7, 11) is 0. The van der Waals surface area contributed by atoms with Crippen LogP contribution in [0.25, 0.3) is 10.9 Å². The molecule has 2 heterocycles. The van der Waals surface area contributed by atoms with Gasteiger partial charge in [0.25, 0.3) is 0 Å². The van der Waals surface area contributed by atoms with Crippen molar-refractivity contribution in [3.05, 3.63) is 59.4 Å². The Labute approximate surface area is 156 Å². The zero-order chi connectivity index (χ0) is 18.5. The fourth-order valence-electron chi connectivity index (χ4n) is 2.59. The molecule has 3 aromatic rings. The number of thioether (sulfide) groups is 1. The Morgan fingerprint density at radius 2 is 1.96 bits per heavy atom. The third-order valence-electron chi connectivity index (χ3n) is 3.81. The van der Waals surface area contributed by atoms with Gasteiger partial charge in [0, 0.05) is 28.9 Å². The minimum atomic E-state index is -0.0700. The maximum atomic E-state index is 12.3. The Kier molecular flexibility index (Phi) is 5.49. The first-order chi connectivity index (χ1) is 12.6. The third kappa shape index (κ3) is 4.19. The standard InChI is InChI=1S/C20H18N4OS/c1-13-7-8-15(12-21)20(23-13)26-10-9-19(25)24-18-11-14(2)22-17-6-4-3-5-16(17)18/h3-8,11H,9-10H2,1-2H3,(H,22,24,25). The number of amides is 1. The number of nitrogens with zero attached hydrogens (tertiary/aromatic N) is 3. The van der Waals surface area contributed by atoms with Gasteiger partial charge in [-0.3, -0.25) is 9.78 Å². The summed E-state index contributed by atoms with van der Waals surface area (Å²) in [5, 5.41) is 13.7. The van der Waals surface area contributed by atoms with E-state index in [9.17, 15) is 4.79 Å². The highest BCUT2D eigenvalue weighted by atomic mass is 32.2. The van der Waals surface area contributed by atoms with Crippen LogP contribution in [0, 0.1) is 25.2 Å². The molecule has 0 bridgehead atoms. The van der Waals surface area contributed by atoms with Crippen LogP contribution in [-0.4, -0.2) is 21.6 Å². The molecule has 0 saturated heterocycles. The number of aryl methyl sites for hydroxylation is 2. The van der Waals surface area contributed by atoms with E-state index in [4.69, 9.17) is 5.26 Å². The summed E-state index contributed by atoms with van der Waals surface area (Å²) < 4.78 is 0. The molecule has 0 aliphatic carbocycles. The number of nitriles is 1. The molecular formula is C20H18N4OS. The second kappa shape index (κ2) is 7.98. The molecule has 0 fully saturated rings. The van der Waals surface area contributed by atoms with Crippen molar-refractivity contribution in [1.82, 2.24) is 9.97 Å². The summed E-state index contributed by atoms with van der Waals surface area (Å²) in [4.78, 5) is 21.2. The molecule has 1 aromatic carbocycles. The molecule has 0 aliphatic heterocycles. The van der Waals surface area contributed by atoms with Gasteiger partial charge < -0.3 is 5.32 Å². The predicted molar refractivity (Wildman–Crippen MR) is 104 cm³/mol. The van der Waals surface area contributed by atoms with Gasteiger partial charge >= 0.3 is 0 Å². The number of carbonyl (C=O) groups is 1. The highest BCUT2D eigenvalue weighted by Gasteiger charge is 2.10. The van der Waals surface area contributed by atoms with Crippen molar-refractivity contribution >= 4 is 34.3 Å². The molecule has 0 spiro atoms. The van der Waals surface area contributed by atoms with Crippen molar-refractivity contribution in [2.24, 2.45) is 0 Å². The molecular weight excluding hydrogens is 344 g/mol. The lowest BCUT2D eigenvalue weighted by Crippen LogP contribution is -2.13. The van der Waals surface area contributed by atoms with Crippen LogP contribution in [0.1, 0.15) is 23.4 Å². The lowest BCUT2D eigenvalue weighted by Gasteiger charge is -2.10. The van der Waals surface area contributed by atoms with Gasteiger partial charge in [0.05, 0.1) is 16.8 Å². The summed E-state index contributed by atoms with van der Waals surface area (Å²) in [5.74, 6) is 0.485. The van der Waals surface area contributed by atoms with Crippen molar-refractivity contribution in [3.63, 3.8) is 0 Å². The van der Waals surface area contributed by atoms with Crippen molar-refractivity contribution in [1.29, 1.82) is 5.26 Å². The molecule has 3 rings (SSSR count). The number of para-hydroxylation sites is 1. The molecule has 130 valence electrons. The third-order valence-corrected chi connectivity index (χ3v) is 4.80. The monoisotopic (exact) mass is 362 g/mol. The average Bonchev–Trinajstić information content (AvgIpc) is 2.62. The van der Waals surface area contributed by atoms with Crippen LogP contribution < -0.4 is 5.32 Å². The quantitative estimate of drug-likeness (QED) is 0.687. The SMILES string of the molecule is Cc1ccc(C#N)c(SCCC(=O)Nc2cc(C)nc3ccccc23)n1. The van der Waals surface area contributed by atoms with Crippen LogP contribution in [0.15, 0.2) is 47.5 Å². The number of benzene rings is 1. The molecule has 0 aliphatic rings. The lowest BCUT2D eigenvalue weighted by atomic mass is 10.1. The summed E-state index contributed by atoms with van der Waals surface area (Å²) in [6.07, 6.45) is 0.334. The molecule has 1 amide bonds. The van der Waals surface area contributed by atoms with E-state index < -0.39 is 0 Å². The first-order valence-electron chi connectivity index (χ1n) is 8.23. The van der Waals surface area contributed by atoms with Crippen molar-refractivity contribution in [2.45, 2.75) is 25.3 Å². The highest BCUT2D eigenvalue weighted by molar-refractivity contribution is 7.99. The molecule has 0 saturated carbocycles. The van der Waals surface area contributed by atoms with E-state index in [1.807, 2.05) is 50.2 Å². The Hall–Kier alpha value is -2.91. The normalized spacial score (nSPS) is 10.5. The van der Waals surface area contributed by atoms with Gasteiger partial charge in [-0.15, -0.1) is 11.8 Å². The van der Waals surface area contributed by atoms with E-state index in [1.165, 1.54) is 11.8 Å². The largest absolute Gasteiger partial charge is 0.325 e. The number of carbonyl (C=O) groups excluding carboxylic acids is 1. The molecule has 0 atom stereocenters. The summed E-state index contributed by atoms with van der Waals surface area (Å²) in [6, 6.07) is 15.3. The summed E-state index contributed by atoms with van der Waals surface area (Å²) in [6.45, 7) is 3.79. The number of aromatic nitrogens is 2. The van der Waals surface area contributed by atoms with E-state index >= 15 is 0 Å². The highest BCUT2D eigenvalue weighted by Crippen LogP contribution is 2.24. The van der Waals surface area contributed by atoms with Crippen molar-refractivity contribution in [3.8, 4) is 6.07 Å². The van der Waals surface area contributed by atoms with E-state index in [1.54, 1.807) is 6.07 Å². The van der Waals surface area contributed by atoms with Crippen LogP contribution >= 0.6 is 11.8 Å². The molecule has 0 unspecified atom stereocenters. The van der Waals surface area contributed by atoms with Crippen molar-refractivity contribution in [2.75, 3.05) is 11.1 Å². The number of anilines is 1. The Bertz CT molecular complexity index is 1010. The van der Waals surface area contributed by atoms with Gasteiger partial charge in [-0.05, 0) is 38.1 Å². The Morgan fingerprint density at radius 1 is 1.15 bits per heavy atom. The summed E-state index contributed by atoms with van der Waals surface area (Å²) in [5.41, 5.74) is 3.89. The van der Waals surface area contributed by atoms with Gasteiger partial charge in [0.15, 0.2) is 0 Å². The maximum absolute atomic E-state index is 12.3. The minimum absolute atomic E-state index is 0.0700. The smallest absolute Gasteiger partial charge is 0.225 e. The van der Waals surface area contributed by atoms with Gasteiger partial charge in [0.1, 0.15) is 11.1 Å². The van der Waals surface area contributed by atoms with E-state index in [0.29, 0.717) is 22.8 Å². The van der Waals surface area contributed by atoms with Crippen molar-refractivity contribution < 1.29 is 4.79 Å². The molecule has 0 radical (unpaired) electrons. The van der Waals surface area contributed by atoms with Crippen LogP contribution in [0.2, 0.25) is 0 Å². The minimum Gasteiger partial charge on any atom is -0.325 e. The number of rotatable bonds is 5. The number of hydrogen-bond donors (Lipinski definition) is 1. The molecule has 1 N–H and O–H groups in total. The fourth-order valence-corrected chi connectivity index (χ4v) is 3.55. The van der Waals surface area contributed by atoms with Gasteiger partial charge in [-0.1, -0.05) is 18.2 Å². The van der Waals surface area contributed by atoms with E-state index in [-0.39, 0.29) is 5.91 Å². The maximum Gasteiger partial charge on any atom is 0.225 e. The second-order valence-electron chi connectivity index (χ2n) is 5.89. The van der Waals surface area contributed by atoms with Gasteiger partial charge in [-0.2, -0.15) is 5.26 Å². The van der Waals surface area contributed by atoms with Crippen LogP contribution in [-0.2, 0) is 4.79 Å². The topological polar surface area (TPSA) is 78.7 Å². The van der Waals surface area contributed by atoms with E-state index in [0.717, 1.165) is 28.0 Å². The van der Waals surface area contributed by atoms with Gasteiger partial charge in [-0.25, -0.2) is 4.98 Å². The van der Waals surface area contributed by atoms with Gasteiger partial charge in [0.2, 0.25) is 5.91 Å². The number of nitrogens with one attached hydrogen (secondary N) is 1. The van der Waals surface area contributed by atoms with Crippen LogP contribution in [0.5, 0.6) is 0 Å². The number of pyridine rings is 2. The first kappa shape index (κ1) is 17.9. The average molecular weight is 362 g/mol. The number of hydrogen-bond acceptors (Lipinski definition) is 5. The zero-order valence-electron chi connectivity index (χ0n) is 14.6. The summed E-state index contributed by atoms with van der Waals surface area (Å²) >= 11 is 1.42. The molecule has 26 heavy (non-hydrogen) atoms. The Balaban J connectivity index is 1.66. The second-order valence-corrected chi connectivity index (χ2v) is 6.98. The predicted octanol–water partition coefficient (Wildman–Crippen LogP) is 4.24. The molecule has 2 aromatic heterocycles. The molecule has 5 nitrogen and oxygen atoms in total. The lowest BCUT2D eigenvalue weighted by molar-refractivity contribution is -0.115. The molecule has 6 heteroatoms. The van der Waals surface area contributed by atoms with Crippen LogP contribution in [0.4, 0.5) is 5.69 Å². The van der Waals surface area contributed by atoms with Crippen LogP contribution in [0.3, 0.4) is 0 Å². The number of fused-ring (bicyclic) bond motifs is 1. The Morgan fingerprint density at radius 3 is 2.77 bits per heavy atom.